The fraction of sp³-hybridized carbons (Fsp3) is 0.222. The summed E-state index contributed by atoms with van der Waals surface area (Å²) < 4.78 is 9.65. The van der Waals surface area contributed by atoms with Gasteiger partial charge in [0.1, 0.15) is 5.76 Å². The van der Waals surface area contributed by atoms with Crippen molar-refractivity contribution in [2.24, 2.45) is 0 Å². The highest BCUT2D eigenvalue weighted by Crippen LogP contribution is 2.15. The SMILES string of the molecule is COC(=O)CCC(=O)NC(=S)Nc1ccccc1C(=O)NCc1ccco1. The highest BCUT2D eigenvalue weighted by atomic mass is 32.1. The van der Waals surface area contributed by atoms with E-state index in [9.17, 15) is 14.4 Å². The van der Waals surface area contributed by atoms with Crippen molar-refractivity contribution < 1.29 is 23.5 Å². The number of carbonyl (C=O) groups is 3. The molecule has 27 heavy (non-hydrogen) atoms. The predicted molar refractivity (Wildman–Crippen MR) is 102 cm³/mol. The zero-order chi connectivity index (χ0) is 19.6. The molecule has 1 heterocycles. The highest BCUT2D eigenvalue weighted by molar-refractivity contribution is 7.80. The van der Waals surface area contributed by atoms with E-state index in [1.54, 1.807) is 36.4 Å². The Morgan fingerprint density at radius 3 is 2.59 bits per heavy atom. The van der Waals surface area contributed by atoms with E-state index >= 15 is 0 Å². The number of hydrogen-bond donors (Lipinski definition) is 3. The molecule has 1 aromatic carbocycles. The Kier molecular flexibility index (Phi) is 7.50. The molecule has 9 heteroatoms. The molecule has 0 unspecified atom stereocenters. The number of furan rings is 1. The molecular weight excluding hydrogens is 370 g/mol. The van der Waals surface area contributed by atoms with Crippen molar-refractivity contribution in [2.45, 2.75) is 19.4 Å². The second-order valence-corrected chi connectivity index (χ2v) is 5.79. The van der Waals surface area contributed by atoms with Gasteiger partial charge in [0.15, 0.2) is 5.11 Å². The number of para-hydroxylation sites is 1. The summed E-state index contributed by atoms with van der Waals surface area (Å²) in [6.45, 7) is 0.245. The molecule has 142 valence electrons. The van der Waals surface area contributed by atoms with Gasteiger partial charge in [-0.15, -0.1) is 0 Å². The molecule has 0 fully saturated rings. The second-order valence-electron chi connectivity index (χ2n) is 5.39. The van der Waals surface area contributed by atoms with Gasteiger partial charge < -0.3 is 25.1 Å². The van der Waals surface area contributed by atoms with Crippen LogP contribution in [-0.2, 0) is 20.9 Å². The lowest BCUT2D eigenvalue weighted by atomic mass is 10.1. The normalized spacial score (nSPS) is 9.96. The van der Waals surface area contributed by atoms with Crippen LogP contribution in [0.2, 0.25) is 0 Å². The van der Waals surface area contributed by atoms with Crippen molar-refractivity contribution >= 4 is 40.8 Å². The lowest BCUT2D eigenvalue weighted by Gasteiger charge is -2.13. The Bertz CT molecular complexity index is 820. The minimum atomic E-state index is -0.484. The molecule has 0 radical (unpaired) electrons. The first-order valence-corrected chi connectivity index (χ1v) is 8.47. The average Bonchev–Trinajstić information content (AvgIpc) is 3.18. The molecule has 3 N–H and O–H groups in total. The number of thiocarbonyl (C=S) groups is 1. The summed E-state index contributed by atoms with van der Waals surface area (Å²) in [6, 6.07) is 10.2. The molecule has 0 aliphatic heterocycles. The largest absolute Gasteiger partial charge is 0.469 e. The van der Waals surface area contributed by atoms with Crippen LogP contribution in [0.5, 0.6) is 0 Å². The summed E-state index contributed by atoms with van der Waals surface area (Å²) >= 11 is 5.09. The quantitative estimate of drug-likeness (QED) is 0.491. The van der Waals surface area contributed by atoms with Crippen molar-refractivity contribution in [3.05, 3.63) is 54.0 Å². The number of amides is 2. The Hall–Kier alpha value is -3.20. The number of rotatable bonds is 7. The topological polar surface area (TPSA) is 110 Å². The molecule has 0 aliphatic rings. The maximum atomic E-state index is 12.4. The number of benzene rings is 1. The Morgan fingerprint density at radius 2 is 1.89 bits per heavy atom. The van der Waals surface area contributed by atoms with E-state index in [1.165, 1.54) is 13.4 Å². The number of nitrogens with one attached hydrogen (secondary N) is 3. The molecule has 0 bridgehead atoms. The summed E-state index contributed by atoms with van der Waals surface area (Å²) in [5.41, 5.74) is 0.794. The molecule has 2 rings (SSSR count). The number of esters is 1. The molecular formula is C18H19N3O5S. The second kappa shape index (κ2) is 10.1. The van der Waals surface area contributed by atoms with Crippen LogP contribution in [0.4, 0.5) is 5.69 Å². The van der Waals surface area contributed by atoms with Gasteiger partial charge in [0.05, 0.1) is 37.6 Å². The summed E-state index contributed by atoms with van der Waals surface area (Å²) in [5, 5.41) is 8.04. The third-order valence-corrected chi connectivity index (χ3v) is 3.66. The van der Waals surface area contributed by atoms with Crippen LogP contribution in [0.3, 0.4) is 0 Å². The van der Waals surface area contributed by atoms with Crippen LogP contribution in [-0.4, -0.2) is 30.0 Å². The number of ether oxygens (including phenoxy) is 1. The van der Waals surface area contributed by atoms with E-state index in [0.717, 1.165) is 0 Å². The summed E-state index contributed by atoms with van der Waals surface area (Å²) in [5.74, 6) is -0.614. The first kappa shape index (κ1) is 20.1. The molecule has 0 aliphatic carbocycles. The van der Waals surface area contributed by atoms with Gasteiger partial charge in [0, 0.05) is 6.42 Å². The van der Waals surface area contributed by atoms with Gasteiger partial charge in [0.2, 0.25) is 5.91 Å². The van der Waals surface area contributed by atoms with E-state index in [0.29, 0.717) is 17.0 Å². The predicted octanol–water partition coefficient (Wildman–Crippen LogP) is 1.98. The van der Waals surface area contributed by atoms with Gasteiger partial charge in [-0.1, -0.05) is 12.1 Å². The van der Waals surface area contributed by atoms with E-state index in [-0.39, 0.29) is 30.4 Å². The van der Waals surface area contributed by atoms with Gasteiger partial charge in [-0.05, 0) is 36.5 Å². The van der Waals surface area contributed by atoms with E-state index in [1.807, 2.05) is 0 Å². The van der Waals surface area contributed by atoms with Gasteiger partial charge in [0.25, 0.3) is 5.91 Å². The van der Waals surface area contributed by atoms with Gasteiger partial charge in [-0.2, -0.15) is 0 Å². The molecule has 2 amide bonds. The molecule has 0 spiro atoms. The van der Waals surface area contributed by atoms with E-state index in [2.05, 4.69) is 20.7 Å². The molecule has 1 aromatic heterocycles. The van der Waals surface area contributed by atoms with Crippen molar-refractivity contribution in [3.8, 4) is 0 Å². The van der Waals surface area contributed by atoms with Crippen LogP contribution in [0, 0.1) is 0 Å². The molecule has 0 saturated heterocycles. The maximum absolute atomic E-state index is 12.4. The first-order valence-electron chi connectivity index (χ1n) is 8.07. The number of anilines is 1. The lowest BCUT2D eigenvalue weighted by Crippen LogP contribution is -2.35. The van der Waals surface area contributed by atoms with Crippen LogP contribution in [0.15, 0.2) is 47.1 Å². The van der Waals surface area contributed by atoms with Gasteiger partial charge in [-0.25, -0.2) is 0 Å². The summed E-state index contributed by atoms with van der Waals surface area (Å²) in [7, 11) is 1.25. The summed E-state index contributed by atoms with van der Waals surface area (Å²) in [6.07, 6.45) is 1.43. The van der Waals surface area contributed by atoms with Crippen molar-refractivity contribution in [1.29, 1.82) is 0 Å². The van der Waals surface area contributed by atoms with Crippen LogP contribution in [0.25, 0.3) is 0 Å². The van der Waals surface area contributed by atoms with Crippen molar-refractivity contribution in [3.63, 3.8) is 0 Å². The number of methoxy groups -OCH3 is 1. The zero-order valence-electron chi connectivity index (χ0n) is 14.6. The maximum Gasteiger partial charge on any atom is 0.306 e. The van der Waals surface area contributed by atoms with E-state index < -0.39 is 11.9 Å². The molecule has 8 nitrogen and oxygen atoms in total. The monoisotopic (exact) mass is 389 g/mol. The molecule has 2 aromatic rings. The fourth-order valence-electron chi connectivity index (χ4n) is 2.13. The van der Waals surface area contributed by atoms with Gasteiger partial charge >= 0.3 is 5.97 Å². The van der Waals surface area contributed by atoms with Gasteiger partial charge in [-0.3, -0.25) is 14.4 Å². The zero-order valence-corrected chi connectivity index (χ0v) is 15.4. The third kappa shape index (κ3) is 6.55. The van der Waals surface area contributed by atoms with Crippen molar-refractivity contribution in [2.75, 3.05) is 12.4 Å². The van der Waals surface area contributed by atoms with Crippen LogP contribution >= 0.6 is 12.2 Å². The van der Waals surface area contributed by atoms with Crippen LogP contribution in [0.1, 0.15) is 29.0 Å². The average molecular weight is 389 g/mol. The Labute approximate surface area is 161 Å². The van der Waals surface area contributed by atoms with E-state index in [4.69, 9.17) is 16.6 Å². The minimum absolute atomic E-state index is 0.0242. The molecule has 0 atom stereocenters. The Balaban J connectivity index is 1.92. The lowest BCUT2D eigenvalue weighted by molar-refractivity contribution is -0.142. The fourth-order valence-corrected chi connectivity index (χ4v) is 2.35. The first-order chi connectivity index (χ1) is 13.0. The minimum Gasteiger partial charge on any atom is -0.469 e. The summed E-state index contributed by atoms with van der Waals surface area (Å²) in [4.78, 5) is 35.2. The van der Waals surface area contributed by atoms with Crippen LogP contribution < -0.4 is 16.0 Å². The Morgan fingerprint density at radius 1 is 1.11 bits per heavy atom. The highest BCUT2D eigenvalue weighted by Gasteiger charge is 2.14. The third-order valence-electron chi connectivity index (χ3n) is 3.46. The van der Waals surface area contributed by atoms with Crippen molar-refractivity contribution in [1.82, 2.24) is 10.6 Å². The standard InChI is InChI=1S/C18H19N3O5S/c1-25-16(23)9-8-15(22)21-18(27)20-14-7-3-2-6-13(14)17(24)19-11-12-5-4-10-26-12/h2-7,10H,8-9,11H2,1H3,(H,19,24)(H2,20,21,22,27). The number of carbonyl (C=O) groups excluding carboxylic acids is 3. The number of hydrogen-bond acceptors (Lipinski definition) is 6. The smallest absolute Gasteiger partial charge is 0.306 e. The molecule has 0 saturated carbocycles.